The Kier molecular flexibility index (Phi) is 4.60. The Labute approximate surface area is 107 Å². The van der Waals surface area contributed by atoms with E-state index < -0.39 is 5.54 Å². The number of rotatable bonds is 5. The van der Waals surface area contributed by atoms with Crippen LogP contribution >= 0.6 is 11.6 Å². The van der Waals surface area contributed by atoms with Crippen LogP contribution in [-0.2, 0) is 7.05 Å². The molecule has 1 aromatic heterocycles. The van der Waals surface area contributed by atoms with Crippen LogP contribution in [0.25, 0.3) is 0 Å². The van der Waals surface area contributed by atoms with Crippen molar-refractivity contribution in [1.29, 1.82) is 0 Å². The zero-order valence-corrected chi connectivity index (χ0v) is 11.2. The number of aryl methyl sites for hydroxylation is 1. The number of carbonyl (C=O) groups is 1. The molecule has 4 nitrogen and oxygen atoms in total. The van der Waals surface area contributed by atoms with E-state index in [2.05, 4.69) is 5.32 Å². The van der Waals surface area contributed by atoms with Gasteiger partial charge in [0, 0.05) is 13.2 Å². The normalized spacial score (nSPS) is 11.6. The predicted octanol–water partition coefficient (Wildman–Crippen LogP) is 1.96. The van der Waals surface area contributed by atoms with Crippen LogP contribution in [0.3, 0.4) is 0 Å². The Bertz CT molecular complexity index is 389. The molecule has 2 N–H and O–H groups in total. The molecule has 0 bridgehead atoms. The maximum Gasteiger partial charge on any atom is 0.268 e. The summed E-state index contributed by atoms with van der Waals surface area (Å²) in [6.45, 7) is 3.82. The third kappa shape index (κ3) is 3.01. The largest absolute Gasteiger partial charge is 0.394 e. The molecule has 0 atom stereocenters. The Morgan fingerprint density at radius 2 is 2.12 bits per heavy atom. The summed E-state index contributed by atoms with van der Waals surface area (Å²) in [6, 6.07) is 1.62. The van der Waals surface area contributed by atoms with Gasteiger partial charge in [-0.25, -0.2) is 0 Å². The highest BCUT2D eigenvalue weighted by Crippen LogP contribution is 2.17. The van der Waals surface area contributed by atoms with Crippen molar-refractivity contribution >= 4 is 17.5 Å². The van der Waals surface area contributed by atoms with Crippen molar-refractivity contribution in [3.05, 3.63) is 23.0 Å². The van der Waals surface area contributed by atoms with Gasteiger partial charge >= 0.3 is 0 Å². The van der Waals surface area contributed by atoms with Crippen molar-refractivity contribution < 1.29 is 9.90 Å². The van der Waals surface area contributed by atoms with Crippen LogP contribution in [0.4, 0.5) is 0 Å². The molecule has 0 aliphatic heterocycles. The Morgan fingerprint density at radius 1 is 1.53 bits per heavy atom. The SMILES string of the molecule is CCC(CC)(CO)NC(=O)c1cc(Cl)cn1C. The fourth-order valence-corrected chi connectivity index (χ4v) is 1.99. The minimum atomic E-state index is -0.548. The topological polar surface area (TPSA) is 54.3 Å². The first kappa shape index (κ1) is 14.1. The van der Waals surface area contributed by atoms with Crippen LogP contribution in [0.15, 0.2) is 12.3 Å². The van der Waals surface area contributed by atoms with Gasteiger partial charge in [-0.3, -0.25) is 4.79 Å². The fourth-order valence-electron chi connectivity index (χ4n) is 1.74. The van der Waals surface area contributed by atoms with Crippen molar-refractivity contribution in [2.24, 2.45) is 7.05 Å². The van der Waals surface area contributed by atoms with Crippen molar-refractivity contribution in [2.45, 2.75) is 32.2 Å². The maximum absolute atomic E-state index is 12.1. The molecule has 96 valence electrons. The number of hydrogen-bond donors (Lipinski definition) is 2. The van der Waals surface area contributed by atoms with Gasteiger partial charge in [0.05, 0.1) is 17.2 Å². The second kappa shape index (κ2) is 5.56. The number of nitrogens with one attached hydrogen (secondary N) is 1. The Hall–Kier alpha value is -1.00. The summed E-state index contributed by atoms with van der Waals surface area (Å²) in [5, 5.41) is 12.8. The maximum atomic E-state index is 12.1. The van der Waals surface area contributed by atoms with E-state index in [1.165, 1.54) is 0 Å². The molecule has 0 spiro atoms. The van der Waals surface area contributed by atoms with E-state index in [9.17, 15) is 9.90 Å². The van der Waals surface area contributed by atoms with Crippen LogP contribution in [-0.4, -0.2) is 27.7 Å². The first-order valence-corrected chi connectivity index (χ1v) is 6.11. The average Bonchev–Trinajstić information content (AvgIpc) is 2.65. The molecule has 1 rings (SSSR count). The molecule has 17 heavy (non-hydrogen) atoms. The fraction of sp³-hybridized carbons (Fsp3) is 0.583. The minimum absolute atomic E-state index is 0.0656. The van der Waals surface area contributed by atoms with Crippen LogP contribution in [0.1, 0.15) is 37.2 Å². The molecule has 0 unspecified atom stereocenters. The molecule has 0 fully saturated rings. The minimum Gasteiger partial charge on any atom is -0.394 e. The molecule has 0 saturated heterocycles. The molecule has 0 aromatic carbocycles. The second-order valence-corrected chi connectivity index (χ2v) is 4.69. The average molecular weight is 259 g/mol. The summed E-state index contributed by atoms with van der Waals surface area (Å²) in [7, 11) is 1.76. The van der Waals surface area contributed by atoms with Gasteiger partial charge < -0.3 is 15.0 Å². The van der Waals surface area contributed by atoms with E-state index in [1.807, 2.05) is 13.8 Å². The molecule has 0 radical (unpaired) electrons. The molecule has 1 amide bonds. The van der Waals surface area contributed by atoms with E-state index in [0.717, 1.165) is 0 Å². The zero-order valence-electron chi connectivity index (χ0n) is 10.5. The van der Waals surface area contributed by atoms with Gasteiger partial charge in [-0.15, -0.1) is 0 Å². The number of halogens is 1. The van der Waals surface area contributed by atoms with Gasteiger partial charge in [-0.2, -0.15) is 0 Å². The quantitative estimate of drug-likeness (QED) is 0.848. The number of aliphatic hydroxyl groups excluding tert-OH is 1. The molecule has 1 aromatic rings. The number of nitrogens with zero attached hydrogens (tertiary/aromatic N) is 1. The van der Waals surface area contributed by atoms with Crippen LogP contribution in [0.5, 0.6) is 0 Å². The lowest BCUT2D eigenvalue weighted by Gasteiger charge is -2.30. The Balaban J connectivity index is 2.88. The van der Waals surface area contributed by atoms with Crippen molar-refractivity contribution in [3.8, 4) is 0 Å². The van der Waals surface area contributed by atoms with Crippen molar-refractivity contribution in [1.82, 2.24) is 9.88 Å². The van der Waals surface area contributed by atoms with Crippen molar-refractivity contribution in [3.63, 3.8) is 0 Å². The molecular formula is C12H19ClN2O2. The lowest BCUT2D eigenvalue weighted by Crippen LogP contribution is -2.50. The van der Waals surface area contributed by atoms with Gasteiger partial charge in [0.2, 0.25) is 0 Å². The standard InChI is InChI=1S/C12H19ClN2O2/c1-4-12(5-2,8-16)14-11(17)10-6-9(13)7-15(10)3/h6-7,16H,4-5,8H2,1-3H3,(H,14,17). The van der Waals surface area contributed by atoms with Gasteiger partial charge in [0.15, 0.2) is 0 Å². The summed E-state index contributed by atoms with van der Waals surface area (Å²) < 4.78 is 1.67. The molecule has 0 saturated carbocycles. The predicted molar refractivity (Wildman–Crippen MR) is 68.3 cm³/mol. The van der Waals surface area contributed by atoms with Crippen LogP contribution < -0.4 is 5.32 Å². The third-order valence-electron chi connectivity index (χ3n) is 3.24. The van der Waals surface area contributed by atoms with Gasteiger partial charge in [0.1, 0.15) is 5.69 Å². The summed E-state index contributed by atoms with van der Waals surface area (Å²) in [5.41, 5.74) is -0.0527. The summed E-state index contributed by atoms with van der Waals surface area (Å²) in [6.07, 6.45) is 3.04. The first-order chi connectivity index (χ1) is 7.98. The Morgan fingerprint density at radius 3 is 2.47 bits per heavy atom. The highest BCUT2D eigenvalue weighted by molar-refractivity contribution is 6.31. The lowest BCUT2D eigenvalue weighted by atomic mass is 9.94. The molecule has 0 aliphatic rings. The summed E-state index contributed by atoms with van der Waals surface area (Å²) in [5.74, 6) is -0.211. The van der Waals surface area contributed by atoms with Gasteiger partial charge in [0.25, 0.3) is 5.91 Å². The van der Waals surface area contributed by atoms with Crippen LogP contribution in [0, 0.1) is 0 Å². The monoisotopic (exact) mass is 258 g/mol. The zero-order chi connectivity index (χ0) is 13.1. The molecule has 0 aliphatic carbocycles. The van der Waals surface area contributed by atoms with E-state index in [4.69, 9.17) is 11.6 Å². The number of amides is 1. The smallest absolute Gasteiger partial charge is 0.268 e. The second-order valence-electron chi connectivity index (χ2n) is 4.25. The lowest BCUT2D eigenvalue weighted by molar-refractivity contribution is 0.0809. The highest BCUT2D eigenvalue weighted by atomic mass is 35.5. The van der Waals surface area contributed by atoms with E-state index in [1.54, 1.807) is 23.9 Å². The highest BCUT2D eigenvalue weighted by Gasteiger charge is 2.28. The molecule has 1 heterocycles. The number of aromatic nitrogens is 1. The van der Waals surface area contributed by atoms with Gasteiger partial charge in [-0.05, 0) is 18.9 Å². The molecule has 5 heteroatoms. The number of carbonyl (C=O) groups excluding carboxylic acids is 1. The summed E-state index contributed by atoms with van der Waals surface area (Å²) in [4.78, 5) is 12.1. The van der Waals surface area contributed by atoms with Crippen LogP contribution in [0.2, 0.25) is 5.02 Å². The van der Waals surface area contributed by atoms with E-state index in [-0.39, 0.29) is 12.5 Å². The third-order valence-corrected chi connectivity index (χ3v) is 3.45. The molecular weight excluding hydrogens is 240 g/mol. The van der Waals surface area contributed by atoms with E-state index >= 15 is 0 Å². The first-order valence-electron chi connectivity index (χ1n) is 5.73. The number of hydrogen-bond acceptors (Lipinski definition) is 2. The number of aliphatic hydroxyl groups is 1. The summed E-state index contributed by atoms with van der Waals surface area (Å²) >= 11 is 5.83. The van der Waals surface area contributed by atoms with E-state index in [0.29, 0.717) is 23.6 Å². The van der Waals surface area contributed by atoms with Gasteiger partial charge in [-0.1, -0.05) is 25.4 Å². The van der Waals surface area contributed by atoms with Crippen molar-refractivity contribution in [2.75, 3.05) is 6.61 Å².